The first-order chi connectivity index (χ1) is 11.7. The molecule has 10 nitrogen and oxygen atoms in total. The summed E-state index contributed by atoms with van der Waals surface area (Å²) >= 11 is 0. The van der Waals surface area contributed by atoms with Gasteiger partial charge in [-0.05, 0) is 0 Å². The van der Waals surface area contributed by atoms with Crippen LogP contribution < -0.4 is 10.4 Å². The van der Waals surface area contributed by atoms with Gasteiger partial charge in [-0.1, -0.05) is 13.8 Å². The molecule has 0 unspecified atom stereocenters. The highest BCUT2D eigenvalue weighted by atomic mass is 16.5. The van der Waals surface area contributed by atoms with E-state index in [-0.39, 0.29) is 19.8 Å². The molecule has 0 saturated heterocycles. The molecule has 136 valence electrons. The minimum absolute atomic E-state index is 0.130. The smallest absolute Gasteiger partial charge is 0.341 e. The lowest BCUT2D eigenvalue weighted by Crippen LogP contribution is -2.58. The lowest BCUT2D eigenvalue weighted by Gasteiger charge is -2.39. The number of rotatable bonds is 5. The van der Waals surface area contributed by atoms with Crippen LogP contribution in [0.2, 0.25) is 0 Å². The third-order valence-electron chi connectivity index (χ3n) is 3.76. The van der Waals surface area contributed by atoms with E-state index in [1.807, 2.05) is 0 Å². The Morgan fingerprint density at radius 3 is 2.48 bits per heavy atom. The number of fused-ring (bicyclic) bond motifs is 1. The van der Waals surface area contributed by atoms with Gasteiger partial charge in [0.2, 0.25) is 11.3 Å². The predicted octanol–water partition coefficient (Wildman–Crippen LogP) is -0.568. The molecule has 0 bridgehead atoms. The molecule has 0 spiro atoms. The number of carbonyl (C=O) groups is 3. The first-order valence-corrected chi connectivity index (χ1v) is 7.52. The van der Waals surface area contributed by atoms with Crippen LogP contribution in [0.25, 0.3) is 0 Å². The maximum atomic E-state index is 12.6. The Bertz CT molecular complexity index is 784. The maximum Gasteiger partial charge on any atom is 0.341 e. The molecular weight excluding hydrogens is 334 g/mol. The summed E-state index contributed by atoms with van der Waals surface area (Å²) in [6, 6.07) is 0. The van der Waals surface area contributed by atoms with Gasteiger partial charge >= 0.3 is 5.97 Å². The summed E-state index contributed by atoms with van der Waals surface area (Å²) in [7, 11) is 1.44. The predicted molar refractivity (Wildman–Crippen MR) is 85.2 cm³/mol. The number of nitrogens with zero attached hydrogens (tertiary/aromatic N) is 3. The average molecular weight is 353 g/mol. The normalized spacial score (nSPS) is 14.0. The number of carboxylic acids is 1. The van der Waals surface area contributed by atoms with E-state index in [0.29, 0.717) is 0 Å². The Morgan fingerprint density at radius 1 is 1.32 bits per heavy atom. The van der Waals surface area contributed by atoms with Crippen molar-refractivity contribution in [1.82, 2.24) is 9.58 Å². The fourth-order valence-corrected chi connectivity index (χ4v) is 2.42. The van der Waals surface area contributed by atoms with E-state index in [4.69, 9.17) is 9.84 Å². The van der Waals surface area contributed by atoms with Crippen LogP contribution in [0.3, 0.4) is 0 Å². The Morgan fingerprint density at radius 2 is 1.96 bits per heavy atom. The molecule has 1 aromatic rings. The number of hydrogen-bond acceptors (Lipinski definition) is 6. The van der Waals surface area contributed by atoms with Crippen molar-refractivity contribution in [1.29, 1.82) is 0 Å². The molecule has 25 heavy (non-hydrogen) atoms. The van der Waals surface area contributed by atoms with Gasteiger partial charge in [-0.2, -0.15) is 0 Å². The van der Waals surface area contributed by atoms with Gasteiger partial charge < -0.3 is 19.8 Å². The van der Waals surface area contributed by atoms with Crippen molar-refractivity contribution in [2.45, 2.75) is 13.8 Å². The number of pyridine rings is 1. The van der Waals surface area contributed by atoms with E-state index in [2.05, 4.69) is 0 Å². The number of methoxy groups -OCH3 is 1. The summed E-state index contributed by atoms with van der Waals surface area (Å²) in [6.45, 7) is 3.43. The minimum atomic E-state index is -1.57. The van der Waals surface area contributed by atoms with Gasteiger partial charge in [-0.15, -0.1) is 0 Å². The first-order valence-electron chi connectivity index (χ1n) is 7.52. The van der Waals surface area contributed by atoms with Crippen LogP contribution in [0, 0.1) is 5.92 Å². The molecule has 1 aliphatic heterocycles. The summed E-state index contributed by atoms with van der Waals surface area (Å²) in [6.07, 6.45) is 0.881. The molecule has 2 heterocycles. The second-order valence-electron chi connectivity index (χ2n) is 5.81. The van der Waals surface area contributed by atoms with E-state index >= 15 is 0 Å². The summed E-state index contributed by atoms with van der Waals surface area (Å²) < 4.78 is 5.86. The second kappa shape index (κ2) is 6.93. The largest absolute Gasteiger partial charge is 0.502 e. The number of hydrogen-bond donors (Lipinski definition) is 2. The molecule has 2 N–H and O–H groups in total. The SMILES string of the molecule is COCCN1CN(C(=O)C(C)C)n2cc(C(=O)O)c(=O)c(O)c2C1=O. The number of aromatic hydroxyl groups is 1. The van der Waals surface area contributed by atoms with Crippen molar-refractivity contribution in [3.05, 3.63) is 27.7 Å². The monoisotopic (exact) mass is 353 g/mol. The van der Waals surface area contributed by atoms with Crippen LogP contribution in [-0.4, -0.2) is 64.5 Å². The zero-order valence-corrected chi connectivity index (χ0v) is 14.1. The maximum absolute atomic E-state index is 12.6. The molecule has 0 radical (unpaired) electrons. The molecule has 2 rings (SSSR count). The van der Waals surface area contributed by atoms with Crippen LogP contribution >= 0.6 is 0 Å². The number of carboxylic acid groups (broad SMARTS) is 1. The van der Waals surface area contributed by atoms with Crippen molar-refractivity contribution in [3.63, 3.8) is 0 Å². The molecule has 0 fully saturated rings. The highest BCUT2D eigenvalue weighted by molar-refractivity contribution is 6.00. The van der Waals surface area contributed by atoms with Crippen molar-refractivity contribution in [3.8, 4) is 5.75 Å². The lowest BCUT2D eigenvalue weighted by molar-refractivity contribution is -0.123. The van der Waals surface area contributed by atoms with Crippen molar-refractivity contribution < 1.29 is 29.3 Å². The molecule has 0 atom stereocenters. The fraction of sp³-hybridized carbons (Fsp3) is 0.467. The number of ether oxygens (including phenoxy) is 1. The Balaban J connectivity index is 2.68. The third kappa shape index (κ3) is 3.20. The Kier molecular flexibility index (Phi) is 5.12. The van der Waals surface area contributed by atoms with E-state index in [9.17, 15) is 24.3 Å². The van der Waals surface area contributed by atoms with E-state index in [1.54, 1.807) is 13.8 Å². The highest BCUT2D eigenvalue weighted by Crippen LogP contribution is 2.22. The summed E-state index contributed by atoms with van der Waals surface area (Å²) in [5.41, 5.74) is -2.37. The molecule has 1 aliphatic rings. The summed E-state index contributed by atoms with van der Waals surface area (Å²) in [4.78, 5) is 49.5. The van der Waals surface area contributed by atoms with Crippen LogP contribution in [0.15, 0.2) is 11.0 Å². The van der Waals surface area contributed by atoms with Crippen molar-refractivity contribution in [2.75, 3.05) is 31.9 Å². The molecule has 0 saturated carbocycles. The van der Waals surface area contributed by atoms with Crippen molar-refractivity contribution >= 4 is 17.8 Å². The summed E-state index contributed by atoms with van der Waals surface area (Å²) in [5.74, 6) is -4.14. The number of aromatic carboxylic acids is 1. The zero-order valence-electron chi connectivity index (χ0n) is 14.1. The summed E-state index contributed by atoms with van der Waals surface area (Å²) in [5, 5.41) is 20.3. The van der Waals surface area contributed by atoms with Gasteiger partial charge in [0.15, 0.2) is 11.4 Å². The zero-order chi connectivity index (χ0) is 18.9. The first kappa shape index (κ1) is 18.5. The van der Waals surface area contributed by atoms with Gasteiger partial charge in [-0.3, -0.25) is 14.4 Å². The van der Waals surface area contributed by atoms with E-state index in [1.165, 1.54) is 12.0 Å². The van der Waals surface area contributed by atoms with Crippen LogP contribution in [-0.2, 0) is 9.53 Å². The molecule has 10 heteroatoms. The van der Waals surface area contributed by atoms with Gasteiger partial charge in [0.25, 0.3) is 5.91 Å². The van der Waals surface area contributed by atoms with Gasteiger partial charge in [-0.25, -0.2) is 14.5 Å². The number of carbonyl (C=O) groups excluding carboxylic acids is 2. The van der Waals surface area contributed by atoms with E-state index < -0.39 is 46.1 Å². The van der Waals surface area contributed by atoms with Crippen molar-refractivity contribution in [2.24, 2.45) is 5.92 Å². The van der Waals surface area contributed by atoms with Crippen LogP contribution in [0.4, 0.5) is 0 Å². The van der Waals surface area contributed by atoms with E-state index in [0.717, 1.165) is 15.9 Å². The number of amides is 2. The lowest BCUT2D eigenvalue weighted by atomic mass is 10.1. The molecular formula is C15H19N3O7. The molecule has 0 aliphatic carbocycles. The molecule has 1 aromatic heterocycles. The molecule has 2 amide bonds. The van der Waals surface area contributed by atoms with Crippen LogP contribution in [0.1, 0.15) is 34.7 Å². The highest BCUT2D eigenvalue weighted by Gasteiger charge is 2.37. The molecule has 0 aromatic carbocycles. The fourth-order valence-electron chi connectivity index (χ4n) is 2.42. The minimum Gasteiger partial charge on any atom is -0.502 e. The topological polar surface area (TPSA) is 129 Å². The second-order valence-corrected chi connectivity index (χ2v) is 5.81. The standard InChI is InChI=1S/C15H19N3O7/c1-8(2)13(21)18-7-16(4-5-25-3)14(22)10-12(20)11(19)9(15(23)24)6-17(10)18/h6,8,20H,4-5,7H2,1-3H3,(H,23,24). The van der Waals surface area contributed by atoms with Gasteiger partial charge in [0.1, 0.15) is 12.2 Å². The Hall–Kier alpha value is -2.88. The van der Waals surface area contributed by atoms with Crippen LogP contribution in [0.5, 0.6) is 5.75 Å². The van der Waals surface area contributed by atoms with Gasteiger partial charge in [0.05, 0.1) is 6.61 Å². The Labute approximate surface area is 142 Å². The quantitative estimate of drug-likeness (QED) is 0.725. The van der Waals surface area contributed by atoms with Gasteiger partial charge in [0, 0.05) is 25.8 Å². The number of aromatic nitrogens is 1. The average Bonchev–Trinajstić information content (AvgIpc) is 2.55. The third-order valence-corrected chi connectivity index (χ3v) is 3.76.